The van der Waals surface area contributed by atoms with E-state index in [1.165, 1.54) is 31.2 Å². The quantitative estimate of drug-likeness (QED) is 0.801. The number of hydrogen-bond acceptors (Lipinski definition) is 2. The first-order chi connectivity index (χ1) is 8.28. The number of rotatable bonds is 1. The van der Waals surface area contributed by atoms with Gasteiger partial charge in [-0.2, -0.15) is 0 Å². The lowest BCUT2D eigenvalue weighted by atomic mass is 9.85. The molecular weight excluding hydrogens is 210 g/mol. The van der Waals surface area contributed by atoms with Crippen LogP contribution in [0.1, 0.15) is 36.5 Å². The van der Waals surface area contributed by atoms with Gasteiger partial charge in [-0.25, -0.2) is 0 Å². The van der Waals surface area contributed by atoms with Gasteiger partial charge in [0.2, 0.25) is 0 Å². The van der Waals surface area contributed by atoms with Crippen LogP contribution in [0.25, 0.3) is 0 Å². The van der Waals surface area contributed by atoms with E-state index in [1.54, 1.807) is 11.1 Å². The van der Waals surface area contributed by atoms with Crippen LogP contribution in [0.2, 0.25) is 0 Å². The Morgan fingerprint density at radius 2 is 2.00 bits per heavy atom. The molecule has 1 saturated heterocycles. The molecule has 1 fully saturated rings. The van der Waals surface area contributed by atoms with Gasteiger partial charge in [0.05, 0.1) is 18.8 Å². The second kappa shape index (κ2) is 4.43. The van der Waals surface area contributed by atoms with Crippen molar-refractivity contribution in [3.05, 3.63) is 34.9 Å². The van der Waals surface area contributed by atoms with Gasteiger partial charge < -0.3 is 10.1 Å². The summed E-state index contributed by atoms with van der Waals surface area (Å²) in [6, 6.07) is 7.01. The fourth-order valence-electron chi connectivity index (χ4n) is 2.99. The third-order valence-corrected chi connectivity index (χ3v) is 4.14. The van der Waals surface area contributed by atoms with E-state index < -0.39 is 0 Å². The molecule has 1 atom stereocenters. The Morgan fingerprint density at radius 1 is 1.18 bits per heavy atom. The third kappa shape index (κ3) is 2.12. The molecule has 3 rings (SSSR count). The highest BCUT2D eigenvalue weighted by atomic mass is 16.5. The van der Waals surface area contributed by atoms with Crippen molar-refractivity contribution in [2.45, 2.75) is 38.1 Å². The molecule has 92 valence electrons. The van der Waals surface area contributed by atoms with Crippen molar-refractivity contribution < 1.29 is 4.74 Å². The summed E-state index contributed by atoms with van der Waals surface area (Å²) in [7, 11) is 0. The van der Waals surface area contributed by atoms with E-state index in [1.807, 2.05) is 0 Å². The number of morpholine rings is 1. The second-order valence-corrected chi connectivity index (χ2v) is 5.50. The van der Waals surface area contributed by atoms with E-state index in [4.69, 9.17) is 4.74 Å². The minimum absolute atomic E-state index is 0.00469. The highest BCUT2D eigenvalue weighted by Gasteiger charge is 2.29. The van der Waals surface area contributed by atoms with E-state index in [2.05, 4.69) is 30.4 Å². The van der Waals surface area contributed by atoms with E-state index >= 15 is 0 Å². The minimum atomic E-state index is 0.00469. The molecule has 2 heteroatoms. The molecule has 17 heavy (non-hydrogen) atoms. The predicted molar refractivity (Wildman–Crippen MR) is 69.3 cm³/mol. The van der Waals surface area contributed by atoms with E-state index in [0.29, 0.717) is 0 Å². The molecule has 1 N–H and O–H groups in total. The summed E-state index contributed by atoms with van der Waals surface area (Å²) in [6.45, 7) is 4.82. The SMILES string of the molecule is CC1(c2ccc3c(c2)CCCC3)COCCN1. The fraction of sp³-hybridized carbons (Fsp3) is 0.600. The summed E-state index contributed by atoms with van der Waals surface area (Å²) in [5, 5.41) is 3.59. The molecule has 1 aliphatic carbocycles. The van der Waals surface area contributed by atoms with Crippen LogP contribution >= 0.6 is 0 Å². The molecule has 1 aromatic rings. The summed E-state index contributed by atoms with van der Waals surface area (Å²) >= 11 is 0. The minimum Gasteiger partial charge on any atom is -0.378 e. The Balaban J connectivity index is 1.92. The van der Waals surface area contributed by atoms with E-state index in [0.717, 1.165) is 19.8 Å². The second-order valence-electron chi connectivity index (χ2n) is 5.50. The molecule has 2 nitrogen and oxygen atoms in total. The highest BCUT2D eigenvalue weighted by molar-refractivity contribution is 5.37. The Morgan fingerprint density at radius 3 is 2.76 bits per heavy atom. The Bertz CT molecular complexity index is 407. The lowest BCUT2D eigenvalue weighted by molar-refractivity contribution is 0.0338. The summed E-state index contributed by atoms with van der Waals surface area (Å²) in [4.78, 5) is 0. The number of ether oxygens (including phenoxy) is 1. The van der Waals surface area contributed by atoms with Gasteiger partial charge in [-0.1, -0.05) is 18.2 Å². The molecule has 0 aromatic heterocycles. The van der Waals surface area contributed by atoms with Crippen LogP contribution in [-0.4, -0.2) is 19.8 Å². The van der Waals surface area contributed by atoms with Crippen molar-refractivity contribution in [1.29, 1.82) is 0 Å². The standard InChI is InChI=1S/C15H21NO/c1-15(11-17-9-8-16-15)14-7-6-12-4-2-3-5-13(12)10-14/h6-7,10,16H,2-5,8-9,11H2,1H3. The monoisotopic (exact) mass is 231 g/mol. The van der Waals surface area contributed by atoms with Crippen LogP contribution < -0.4 is 5.32 Å². The summed E-state index contributed by atoms with van der Waals surface area (Å²) in [5.41, 5.74) is 4.51. The summed E-state index contributed by atoms with van der Waals surface area (Å²) in [5.74, 6) is 0. The van der Waals surface area contributed by atoms with E-state index in [-0.39, 0.29) is 5.54 Å². The lowest BCUT2D eigenvalue weighted by Crippen LogP contribution is -2.49. The number of fused-ring (bicyclic) bond motifs is 1. The Labute approximate surface area is 103 Å². The maximum absolute atomic E-state index is 5.62. The third-order valence-electron chi connectivity index (χ3n) is 4.14. The molecule has 0 bridgehead atoms. The smallest absolute Gasteiger partial charge is 0.0688 e. The molecule has 0 amide bonds. The van der Waals surface area contributed by atoms with Crippen molar-refractivity contribution in [2.75, 3.05) is 19.8 Å². The van der Waals surface area contributed by atoms with Gasteiger partial charge in [0.1, 0.15) is 0 Å². The number of hydrogen-bond donors (Lipinski definition) is 1. The fourth-order valence-corrected chi connectivity index (χ4v) is 2.99. The van der Waals surface area contributed by atoms with Gasteiger partial charge in [-0.3, -0.25) is 0 Å². The van der Waals surface area contributed by atoms with Gasteiger partial charge in [0.15, 0.2) is 0 Å². The molecule has 0 radical (unpaired) electrons. The number of aryl methyl sites for hydroxylation is 2. The first kappa shape index (κ1) is 11.2. The molecule has 1 aliphatic heterocycles. The average molecular weight is 231 g/mol. The van der Waals surface area contributed by atoms with Gasteiger partial charge in [-0.05, 0) is 49.3 Å². The summed E-state index contributed by atoms with van der Waals surface area (Å²) in [6.07, 6.45) is 5.21. The summed E-state index contributed by atoms with van der Waals surface area (Å²) < 4.78 is 5.62. The zero-order valence-corrected chi connectivity index (χ0v) is 10.6. The van der Waals surface area contributed by atoms with Crippen LogP contribution in [0.3, 0.4) is 0 Å². The van der Waals surface area contributed by atoms with Crippen LogP contribution in [-0.2, 0) is 23.1 Å². The highest BCUT2D eigenvalue weighted by Crippen LogP contribution is 2.28. The Kier molecular flexibility index (Phi) is 2.93. The number of nitrogens with one attached hydrogen (secondary N) is 1. The molecule has 1 unspecified atom stereocenters. The largest absolute Gasteiger partial charge is 0.378 e. The van der Waals surface area contributed by atoms with Gasteiger partial charge in [-0.15, -0.1) is 0 Å². The molecule has 1 heterocycles. The van der Waals surface area contributed by atoms with Crippen LogP contribution in [0.5, 0.6) is 0 Å². The molecule has 1 aromatic carbocycles. The van der Waals surface area contributed by atoms with Crippen molar-refractivity contribution in [1.82, 2.24) is 5.32 Å². The lowest BCUT2D eigenvalue weighted by Gasteiger charge is -2.36. The van der Waals surface area contributed by atoms with Crippen molar-refractivity contribution in [3.8, 4) is 0 Å². The van der Waals surface area contributed by atoms with Gasteiger partial charge in [0, 0.05) is 6.54 Å². The first-order valence-electron chi connectivity index (χ1n) is 6.73. The molecule has 0 saturated carbocycles. The van der Waals surface area contributed by atoms with Crippen molar-refractivity contribution >= 4 is 0 Å². The first-order valence-corrected chi connectivity index (χ1v) is 6.73. The molecule has 2 aliphatic rings. The van der Waals surface area contributed by atoms with Crippen LogP contribution in [0.15, 0.2) is 18.2 Å². The van der Waals surface area contributed by atoms with E-state index in [9.17, 15) is 0 Å². The maximum Gasteiger partial charge on any atom is 0.0688 e. The zero-order valence-electron chi connectivity index (χ0n) is 10.6. The average Bonchev–Trinajstić information content (AvgIpc) is 2.39. The van der Waals surface area contributed by atoms with Gasteiger partial charge in [0.25, 0.3) is 0 Å². The molecule has 0 spiro atoms. The topological polar surface area (TPSA) is 21.3 Å². The van der Waals surface area contributed by atoms with Crippen molar-refractivity contribution in [2.24, 2.45) is 0 Å². The normalized spacial score (nSPS) is 28.8. The number of benzene rings is 1. The predicted octanol–water partition coefficient (Wildman–Crippen LogP) is 2.40. The van der Waals surface area contributed by atoms with Gasteiger partial charge >= 0.3 is 0 Å². The van der Waals surface area contributed by atoms with Crippen LogP contribution in [0, 0.1) is 0 Å². The zero-order chi connectivity index (χ0) is 11.7. The van der Waals surface area contributed by atoms with Crippen LogP contribution in [0.4, 0.5) is 0 Å². The van der Waals surface area contributed by atoms with Crippen molar-refractivity contribution in [3.63, 3.8) is 0 Å². The Hall–Kier alpha value is -0.860. The molecular formula is C15H21NO. The maximum atomic E-state index is 5.62.